The summed E-state index contributed by atoms with van der Waals surface area (Å²) in [5.41, 5.74) is 3.09. The zero-order valence-corrected chi connectivity index (χ0v) is 12.9. The van der Waals surface area contributed by atoms with Crippen molar-refractivity contribution in [2.45, 2.75) is 32.6 Å². The predicted octanol–water partition coefficient (Wildman–Crippen LogP) is 3.58. The van der Waals surface area contributed by atoms with Gasteiger partial charge in [0.05, 0.1) is 5.69 Å². The fourth-order valence-corrected chi connectivity index (χ4v) is 4.02. The molecule has 2 bridgehead atoms. The summed E-state index contributed by atoms with van der Waals surface area (Å²) in [7, 11) is 0. The summed E-state index contributed by atoms with van der Waals surface area (Å²) < 4.78 is 0. The molecule has 3 heteroatoms. The molecule has 0 saturated heterocycles. The van der Waals surface area contributed by atoms with Gasteiger partial charge in [0, 0.05) is 11.1 Å². The van der Waals surface area contributed by atoms with Gasteiger partial charge < -0.3 is 0 Å². The minimum Gasteiger partial charge on any atom is -0.269 e. The van der Waals surface area contributed by atoms with Crippen molar-refractivity contribution in [1.29, 1.82) is 0 Å². The highest BCUT2D eigenvalue weighted by Crippen LogP contribution is 2.48. The van der Waals surface area contributed by atoms with Crippen molar-refractivity contribution in [3.8, 4) is 0 Å². The Hall–Kier alpha value is -2.16. The summed E-state index contributed by atoms with van der Waals surface area (Å²) in [6, 6.07) is 7.98. The first-order valence-electron chi connectivity index (χ1n) is 7.91. The molecule has 1 aromatic rings. The Balaban J connectivity index is 1.60. The molecule has 2 amide bonds. The number of carbonyl (C=O) groups is 2. The lowest BCUT2D eigenvalue weighted by Gasteiger charge is -2.20. The number of benzene rings is 1. The third-order valence-electron chi connectivity index (χ3n) is 5.47. The maximum absolute atomic E-state index is 12.2. The van der Waals surface area contributed by atoms with Gasteiger partial charge in [-0.25, -0.2) is 4.90 Å². The Morgan fingerprint density at radius 2 is 1.55 bits per heavy atom. The van der Waals surface area contributed by atoms with Gasteiger partial charge in [-0.3, -0.25) is 9.59 Å². The molecular formula is C19H19NO2. The fourth-order valence-electron chi connectivity index (χ4n) is 4.02. The molecule has 3 aliphatic rings. The van der Waals surface area contributed by atoms with Gasteiger partial charge in [0.15, 0.2) is 0 Å². The predicted molar refractivity (Wildman–Crippen MR) is 85.4 cm³/mol. The average molecular weight is 293 g/mol. The maximum atomic E-state index is 12.2. The lowest BCUT2D eigenvalue weighted by molar-refractivity contribution is -0.120. The van der Waals surface area contributed by atoms with Gasteiger partial charge >= 0.3 is 0 Å². The van der Waals surface area contributed by atoms with Gasteiger partial charge in [0.1, 0.15) is 0 Å². The van der Waals surface area contributed by atoms with Crippen LogP contribution in [0.25, 0.3) is 0 Å². The summed E-state index contributed by atoms with van der Waals surface area (Å²) in [6.45, 7) is 3.43. The van der Waals surface area contributed by atoms with Crippen LogP contribution >= 0.6 is 0 Å². The van der Waals surface area contributed by atoms with Crippen molar-refractivity contribution in [2.24, 2.45) is 11.8 Å². The van der Waals surface area contributed by atoms with Gasteiger partial charge in [0.25, 0.3) is 11.8 Å². The van der Waals surface area contributed by atoms with Crippen LogP contribution in [0.15, 0.2) is 47.6 Å². The molecule has 1 heterocycles. The Kier molecular flexibility index (Phi) is 2.86. The zero-order valence-electron chi connectivity index (χ0n) is 12.9. The van der Waals surface area contributed by atoms with Crippen molar-refractivity contribution in [3.63, 3.8) is 0 Å². The first-order valence-corrected chi connectivity index (χ1v) is 7.91. The van der Waals surface area contributed by atoms with Crippen molar-refractivity contribution in [3.05, 3.63) is 53.1 Å². The van der Waals surface area contributed by atoms with E-state index in [0.29, 0.717) is 28.7 Å². The fraction of sp³-hybridized carbons (Fsp3) is 0.368. The standard InChI is InChI=1S/C19H19NO2/c1-11-12(2)19(22)20(18(11)21)16-7-5-14(6-8-16)17-10-13-3-4-15(17)9-13/h3-8,13,15,17H,9-10H2,1-2H3. The largest absolute Gasteiger partial charge is 0.269 e. The molecule has 1 aromatic carbocycles. The van der Waals surface area contributed by atoms with Crippen molar-refractivity contribution < 1.29 is 9.59 Å². The van der Waals surface area contributed by atoms with Crippen molar-refractivity contribution in [2.75, 3.05) is 4.90 Å². The molecule has 4 rings (SSSR count). The van der Waals surface area contributed by atoms with E-state index >= 15 is 0 Å². The number of hydrogen-bond donors (Lipinski definition) is 0. The van der Waals surface area contributed by atoms with Crippen LogP contribution in [-0.2, 0) is 9.59 Å². The first kappa shape index (κ1) is 13.5. The van der Waals surface area contributed by atoms with Gasteiger partial charge in [-0.1, -0.05) is 24.3 Å². The van der Waals surface area contributed by atoms with E-state index in [1.54, 1.807) is 13.8 Å². The van der Waals surface area contributed by atoms with Crippen LogP contribution in [0, 0.1) is 11.8 Å². The van der Waals surface area contributed by atoms with Crippen LogP contribution < -0.4 is 4.90 Å². The molecule has 0 N–H and O–H groups in total. The Labute approximate surface area is 130 Å². The van der Waals surface area contributed by atoms with Gasteiger partial charge in [-0.05, 0) is 62.1 Å². The molecular weight excluding hydrogens is 274 g/mol. The molecule has 1 aliphatic heterocycles. The van der Waals surface area contributed by atoms with E-state index in [4.69, 9.17) is 0 Å². The highest BCUT2D eigenvalue weighted by molar-refractivity contribution is 6.32. The number of amides is 2. The summed E-state index contributed by atoms with van der Waals surface area (Å²) in [5.74, 6) is 1.61. The van der Waals surface area contributed by atoms with E-state index < -0.39 is 0 Å². The molecule has 1 fully saturated rings. The lowest BCUT2D eigenvalue weighted by Crippen LogP contribution is -2.31. The number of nitrogens with zero attached hydrogens (tertiary/aromatic N) is 1. The van der Waals surface area contributed by atoms with E-state index in [-0.39, 0.29) is 11.8 Å². The Bertz CT molecular complexity index is 702. The minimum absolute atomic E-state index is 0.196. The number of hydrogen-bond acceptors (Lipinski definition) is 2. The molecule has 0 spiro atoms. The number of anilines is 1. The molecule has 0 aromatic heterocycles. The van der Waals surface area contributed by atoms with E-state index in [1.807, 2.05) is 12.1 Å². The van der Waals surface area contributed by atoms with Crippen LogP contribution in [0.5, 0.6) is 0 Å². The first-order chi connectivity index (χ1) is 10.6. The van der Waals surface area contributed by atoms with Crippen LogP contribution in [0.1, 0.15) is 38.2 Å². The number of imide groups is 1. The van der Waals surface area contributed by atoms with E-state index in [9.17, 15) is 9.59 Å². The molecule has 2 aliphatic carbocycles. The summed E-state index contributed by atoms with van der Waals surface area (Å²) in [6.07, 6.45) is 7.19. The molecule has 3 unspecified atom stereocenters. The van der Waals surface area contributed by atoms with Gasteiger partial charge in [0.2, 0.25) is 0 Å². The van der Waals surface area contributed by atoms with Crippen LogP contribution in [0.4, 0.5) is 5.69 Å². The topological polar surface area (TPSA) is 37.4 Å². The van der Waals surface area contributed by atoms with Gasteiger partial charge in [-0.15, -0.1) is 0 Å². The lowest BCUT2D eigenvalue weighted by atomic mass is 9.87. The number of rotatable bonds is 2. The third-order valence-corrected chi connectivity index (χ3v) is 5.47. The molecule has 112 valence electrons. The van der Waals surface area contributed by atoms with E-state index in [1.165, 1.54) is 23.3 Å². The zero-order chi connectivity index (χ0) is 15.4. The second kappa shape index (κ2) is 4.67. The minimum atomic E-state index is -0.196. The van der Waals surface area contributed by atoms with Gasteiger partial charge in [-0.2, -0.15) is 0 Å². The molecule has 3 nitrogen and oxygen atoms in total. The van der Waals surface area contributed by atoms with Crippen LogP contribution in [0.3, 0.4) is 0 Å². The van der Waals surface area contributed by atoms with Crippen molar-refractivity contribution in [1.82, 2.24) is 0 Å². The van der Waals surface area contributed by atoms with Crippen LogP contribution in [-0.4, -0.2) is 11.8 Å². The second-order valence-corrected chi connectivity index (χ2v) is 6.67. The highest BCUT2D eigenvalue weighted by Gasteiger charge is 2.37. The highest BCUT2D eigenvalue weighted by atomic mass is 16.2. The maximum Gasteiger partial charge on any atom is 0.261 e. The van der Waals surface area contributed by atoms with E-state index in [2.05, 4.69) is 24.3 Å². The SMILES string of the molecule is CC1=C(C)C(=O)N(c2ccc(C3CC4C=CC3C4)cc2)C1=O. The number of carbonyl (C=O) groups excluding carboxylic acids is 2. The number of fused-ring (bicyclic) bond motifs is 2. The summed E-state index contributed by atoms with van der Waals surface area (Å²) >= 11 is 0. The smallest absolute Gasteiger partial charge is 0.261 e. The number of allylic oxidation sites excluding steroid dienone is 2. The third kappa shape index (κ3) is 1.81. The summed E-state index contributed by atoms with van der Waals surface area (Å²) in [5, 5.41) is 0. The molecule has 0 radical (unpaired) electrons. The Morgan fingerprint density at radius 1 is 0.909 bits per heavy atom. The second-order valence-electron chi connectivity index (χ2n) is 6.67. The average Bonchev–Trinajstić information content (AvgIpc) is 3.21. The quantitative estimate of drug-likeness (QED) is 0.617. The van der Waals surface area contributed by atoms with E-state index in [0.717, 1.165) is 5.92 Å². The molecule has 3 atom stereocenters. The molecule has 22 heavy (non-hydrogen) atoms. The van der Waals surface area contributed by atoms with Crippen LogP contribution in [0.2, 0.25) is 0 Å². The Morgan fingerprint density at radius 3 is 2.05 bits per heavy atom. The molecule has 1 saturated carbocycles. The van der Waals surface area contributed by atoms with Crippen molar-refractivity contribution >= 4 is 17.5 Å². The normalized spacial score (nSPS) is 30.1. The summed E-state index contributed by atoms with van der Waals surface area (Å²) in [4.78, 5) is 25.7. The monoisotopic (exact) mass is 293 g/mol.